The Hall–Kier alpha value is -2.82. The summed E-state index contributed by atoms with van der Waals surface area (Å²) in [5.74, 6) is -0.225. The van der Waals surface area contributed by atoms with Crippen LogP contribution < -0.4 is 16.4 Å². The highest BCUT2D eigenvalue weighted by molar-refractivity contribution is 5.95. The van der Waals surface area contributed by atoms with E-state index in [2.05, 4.69) is 17.6 Å². The Labute approximate surface area is 142 Å². The summed E-state index contributed by atoms with van der Waals surface area (Å²) < 4.78 is 0. The lowest BCUT2D eigenvalue weighted by atomic mass is 10.1. The van der Waals surface area contributed by atoms with Crippen molar-refractivity contribution in [1.82, 2.24) is 10.6 Å². The standard InChI is InChI=1S/C19H23N3O2/c1-2-3-12-21-18(23)15-6-4-14(5-7-15)13-22-19(24)16-8-10-17(20)11-9-16/h4-11H,2-3,12-13,20H2,1H3,(H,21,23)(H,22,24). The van der Waals surface area contributed by atoms with Crippen molar-refractivity contribution in [3.63, 3.8) is 0 Å². The van der Waals surface area contributed by atoms with Crippen LogP contribution in [-0.2, 0) is 6.54 Å². The zero-order chi connectivity index (χ0) is 17.4. The minimum atomic E-state index is -0.156. The summed E-state index contributed by atoms with van der Waals surface area (Å²) in [5, 5.41) is 5.72. The van der Waals surface area contributed by atoms with Crippen LogP contribution in [0, 0.1) is 0 Å². The zero-order valence-electron chi connectivity index (χ0n) is 13.8. The molecule has 0 unspecified atom stereocenters. The van der Waals surface area contributed by atoms with Gasteiger partial charge in [0.05, 0.1) is 0 Å². The second kappa shape index (κ2) is 8.72. The first-order valence-electron chi connectivity index (χ1n) is 8.11. The van der Waals surface area contributed by atoms with Crippen LogP contribution in [0.15, 0.2) is 48.5 Å². The molecule has 0 fully saturated rings. The van der Waals surface area contributed by atoms with E-state index in [4.69, 9.17) is 5.73 Å². The largest absolute Gasteiger partial charge is 0.399 e. The van der Waals surface area contributed by atoms with Crippen molar-refractivity contribution in [2.75, 3.05) is 12.3 Å². The maximum absolute atomic E-state index is 12.0. The summed E-state index contributed by atoms with van der Waals surface area (Å²) in [6, 6.07) is 14.0. The molecule has 24 heavy (non-hydrogen) atoms. The number of anilines is 1. The number of unbranched alkanes of at least 4 members (excludes halogenated alkanes) is 1. The normalized spacial score (nSPS) is 10.2. The Morgan fingerprint density at radius 2 is 1.42 bits per heavy atom. The van der Waals surface area contributed by atoms with Crippen LogP contribution in [-0.4, -0.2) is 18.4 Å². The second-order valence-corrected chi connectivity index (χ2v) is 5.61. The highest BCUT2D eigenvalue weighted by Gasteiger charge is 2.07. The maximum atomic E-state index is 12.0. The summed E-state index contributed by atoms with van der Waals surface area (Å²) >= 11 is 0. The van der Waals surface area contributed by atoms with E-state index in [1.807, 2.05) is 12.1 Å². The average molecular weight is 325 g/mol. The number of carbonyl (C=O) groups excluding carboxylic acids is 2. The SMILES string of the molecule is CCCCNC(=O)c1ccc(CNC(=O)c2ccc(N)cc2)cc1. The molecular weight excluding hydrogens is 302 g/mol. The maximum Gasteiger partial charge on any atom is 0.251 e. The van der Waals surface area contributed by atoms with Crippen molar-refractivity contribution >= 4 is 17.5 Å². The van der Waals surface area contributed by atoms with E-state index in [0.29, 0.717) is 29.9 Å². The van der Waals surface area contributed by atoms with E-state index in [1.165, 1.54) is 0 Å². The quantitative estimate of drug-likeness (QED) is 0.540. The van der Waals surface area contributed by atoms with Gasteiger partial charge in [0.1, 0.15) is 0 Å². The van der Waals surface area contributed by atoms with Crippen molar-refractivity contribution < 1.29 is 9.59 Å². The number of nitrogen functional groups attached to an aromatic ring is 1. The molecule has 2 aromatic carbocycles. The number of carbonyl (C=O) groups is 2. The highest BCUT2D eigenvalue weighted by Crippen LogP contribution is 2.07. The van der Waals surface area contributed by atoms with Crippen molar-refractivity contribution in [2.24, 2.45) is 0 Å². The monoisotopic (exact) mass is 325 g/mol. The second-order valence-electron chi connectivity index (χ2n) is 5.61. The molecule has 5 heteroatoms. The van der Waals surface area contributed by atoms with Gasteiger partial charge in [0.2, 0.25) is 0 Å². The lowest BCUT2D eigenvalue weighted by Gasteiger charge is -2.07. The third kappa shape index (κ3) is 5.12. The van der Waals surface area contributed by atoms with Crippen LogP contribution in [0.2, 0.25) is 0 Å². The van der Waals surface area contributed by atoms with Gasteiger partial charge in [0, 0.05) is 29.9 Å². The molecule has 0 heterocycles. The minimum absolute atomic E-state index is 0.0686. The number of hydrogen-bond acceptors (Lipinski definition) is 3. The van der Waals surface area contributed by atoms with Crippen LogP contribution in [0.4, 0.5) is 5.69 Å². The number of nitrogens with two attached hydrogens (primary N) is 1. The fraction of sp³-hybridized carbons (Fsp3) is 0.263. The number of hydrogen-bond donors (Lipinski definition) is 3. The Bertz CT molecular complexity index is 679. The lowest BCUT2D eigenvalue weighted by Crippen LogP contribution is -2.24. The fourth-order valence-electron chi connectivity index (χ4n) is 2.17. The average Bonchev–Trinajstić information content (AvgIpc) is 2.61. The molecule has 5 nitrogen and oxygen atoms in total. The van der Waals surface area contributed by atoms with Crippen LogP contribution in [0.3, 0.4) is 0 Å². The molecule has 4 N–H and O–H groups in total. The van der Waals surface area contributed by atoms with Gasteiger partial charge in [-0.15, -0.1) is 0 Å². The molecule has 0 bridgehead atoms. The van der Waals surface area contributed by atoms with Crippen molar-refractivity contribution in [3.05, 3.63) is 65.2 Å². The van der Waals surface area contributed by atoms with E-state index in [-0.39, 0.29) is 11.8 Å². The van der Waals surface area contributed by atoms with Gasteiger partial charge >= 0.3 is 0 Å². The van der Waals surface area contributed by atoms with Gasteiger partial charge in [-0.05, 0) is 48.4 Å². The van der Waals surface area contributed by atoms with E-state index in [9.17, 15) is 9.59 Å². The van der Waals surface area contributed by atoms with Gasteiger partial charge in [-0.1, -0.05) is 25.5 Å². The van der Waals surface area contributed by atoms with Crippen molar-refractivity contribution in [1.29, 1.82) is 0 Å². The zero-order valence-corrected chi connectivity index (χ0v) is 13.8. The van der Waals surface area contributed by atoms with E-state index in [1.54, 1.807) is 36.4 Å². The van der Waals surface area contributed by atoms with Gasteiger partial charge in [0.15, 0.2) is 0 Å². The topological polar surface area (TPSA) is 84.2 Å². The predicted octanol–water partition coefficient (Wildman–Crippen LogP) is 2.73. The molecule has 2 aromatic rings. The molecule has 2 rings (SSSR count). The first-order valence-corrected chi connectivity index (χ1v) is 8.11. The number of amides is 2. The van der Waals surface area contributed by atoms with Crippen molar-refractivity contribution in [3.8, 4) is 0 Å². The van der Waals surface area contributed by atoms with Gasteiger partial charge in [0.25, 0.3) is 11.8 Å². The fourth-order valence-corrected chi connectivity index (χ4v) is 2.17. The highest BCUT2D eigenvalue weighted by atomic mass is 16.2. The third-order valence-corrected chi connectivity index (χ3v) is 3.66. The number of nitrogens with one attached hydrogen (secondary N) is 2. The van der Waals surface area contributed by atoms with Crippen LogP contribution in [0.5, 0.6) is 0 Å². The Balaban J connectivity index is 1.86. The molecule has 0 radical (unpaired) electrons. The van der Waals surface area contributed by atoms with Crippen molar-refractivity contribution in [2.45, 2.75) is 26.3 Å². The Kier molecular flexibility index (Phi) is 6.37. The molecule has 126 valence electrons. The van der Waals surface area contributed by atoms with Gasteiger partial charge in [-0.25, -0.2) is 0 Å². The summed E-state index contributed by atoms with van der Waals surface area (Å²) in [5.41, 5.74) is 8.35. The van der Waals surface area contributed by atoms with Gasteiger partial charge in [-0.3, -0.25) is 9.59 Å². The molecule has 2 amide bonds. The van der Waals surface area contributed by atoms with Crippen LogP contribution in [0.1, 0.15) is 46.0 Å². The van der Waals surface area contributed by atoms with Crippen LogP contribution >= 0.6 is 0 Å². The smallest absolute Gasteiger partial charge is 0.251 e. The summed E-state index contributed by atoms with van der Waals surface area (Å²) in [4.78, 5) is 24.0. The lowest BCUT2D eigenvalue weighted by molar-refractivity contribution is 0.0942. The predicted molar refractivity (Wildman–Crippen MR) is 95.7 cm³/mol. The Morgan fingerprint density at radius 3 is 2.00 bits per heavy atom. The first kappa shape index (κ1) is 17.5. The number of benzene rings is 2. The molecule has 0 saturated heterocycles. The minimum Gasteiger partial charge on any atom is -0.399 e. The molecule has 0 atom stereocenters. The van der Waals surface area contributed by atoms with E-state index in [0.717, 1.165) is 18.4 Å². The van der Waals surface area contributed by atoms with E-state index >= 15 is 0 Å². The van der Waals surface area contributed by atoms with Gasteiger partial charge in [-0.2, -0.15) is 0 Å². The summed E-state index contributed by atoms with van der Waals surface area (Å²) in [6.45, 7) is 3.18. The Morgan fingerprint density at radius 1 is 0.875 bits per heavy atom. The molecular formula is C19H23N3O2. The molecule has 0 aliphatic rings. The first-order chi connectivity index (χ1) is 11.6. The number of rotatable bonds is 7. The molecule has 0 saturated carbocycles. The molecule has 0 aliphatic heterocycles. The van der Waals surface area contributed by atoms with E-state index < -0.39 is 0 Å². The molecule has 0 aromatic heterocycles. The summed E-state index contributed by atoms with van der Waals surface area (Å²) in [6.07, 6.45) is 2.02. The molecule has 0 aliphatic carbocycles. The van der Waals surface area contributed by atoms with Crippen LogP contribution in [0.25, 0.3) is 0 Å². The van der Waals surface area contributed by atoms with Gasteiger partial charge < -0.3 is 16.4 Å². The summed E-state index contributed by atoms with van der Waals surface area (Å²) in [7, 11) is 0. The molecule has 0 spiro atoms. The third-order valence-electron chi connectivity index (χ3n) is 3.66.